The van der Waals surface area contributed by atoms with Crippen molar-refractivity contribution in [2.75, 3.05) is 7.11 Å². The monoisotopic (exact) mass is 175 g/mol. The third-order valence-corrected chi connectivity index (χ3v) is 1.97. The fourth-order valence-electron chi connectivity index (χ4n) is 1.36. The molecule has 2 aromatic rings. The van der Waals surface area contributed by atoms with Gasteiger partial charge in [-0.15, -0.1) is 0 Å². The van der Waals surface area contributed by atoms with Gasteiger partial charge in [0.05, 0.1) is 12.5 Å². The average molecular weight is 175 g/mol. The lowest BCUT2D eigenvalue weighted by Gasteiger charge is -2.03. The van der Waals surface area contributed by atoms with E-state index < -0.39 is 0 Å². The molecule has 0 unspecified atom stereocenters. The molecule has 0 saturated heterocycles. The van der Waals surface area contributed by atoms with E-state index in [1.54, 1.807) is 13.2 Å². The molecule has 1 heterocycles. The van der Waals surface area contributed by atoms with Gasteiger partial charge in [0.1, 0.15) is 5.75 Å². The molecular formula is C10H9NO2. The molecule has 1 aromatic heterocycles. The summed E-state index contributed by atoms with van der Waals surface area (Å²) in [4.78, 5) is 0. The van der Waals surface area contributed by atoms with E-state index in [1.807, 2.05) is 18.2 Å². The van der Waals surface area contributed by atoms with Crippen LogP contribution in [0.4, 0.5) is 0 Å². The average Bonchev–Trinajstić information content (AvgIpc) is 2.16. The van der Waals surface area contributed by atoms with Gasteiger partial charge in [0.25, 0.3) is 0 Å². The molecule has 0 aliphatic heterocycles. The molecule has 0 radical (unpaired) electrons. The summed E-state index contributed by atoms with van der Waals surface area (Å²) in [6.45, 7) is 0. The van der Waals surface area contributed by atoms with E-state index >= 15 is 0 Å². The first-order chi connectivity index (χ1) is 6.31. The second-order valence-electron chi connectivity index (χ2n) is 2.77. The van der Waals surface area contributed by atoms with Crippen LogP contribution in [0.1, 0.15) is 0 Å². The Balaban J connectivity index is 2.77. The smallest absolute Gasteiger partial charge is 0.188 e. The molecule has 0 saturated carbocycles. The molecule has 0 amide bonds. The largest absolute Gasteiger partial charge is 0.619 e. The van der Waals surface area contributed by atoms with Crippen LogP contribution in [-0.2, 0) is 0 Å². The van der Waals surface area contributed by atoms with Crippen LogP contribution in [0, 0.1) is 5.21 Å². The van der Waals surface area contributed by atoms with Crippen molar-refractivity contribution in [1.82, 2.24) is 0 Å². The zero-order valence-electron chi connectivity index (χ0n) is 7.23. The van der Waals surface area contributed by atoms with E-state index in [0.29, 0.717) is 0 Å². The van der Waals surface area contributed by atoms with Gasteiger partial charge in [0.15, 0.2) is 12.4 Å². The summed E-state index contributed by atoms with van der Waals surface area (Å²) in [5.41, 5.74) is 0. The molecule has 0 spiro atoms. The molecule has 0 aliphatic rings. The van der Waals surface area contributed by atoms with Crippen LogP contribution < -0.4 is 9.47 Å². The minimum absolute atomic E-state index is 0.780. The molecule has 2 rings (SSSR count). The number of benzene rings is 1. The van der Waals surface area contributed by atoms with E-state index in [1.165, 1.54) is 12.4 Å². The molecule has 0 atom stereocenters. The first kappa shape index (κ1) is 7.86. The van der Waals surface area contributed by atoms with Crippen LogP contribution in [0.2, 0.25) is 0 Å². The van der Waals surface area contributed by atoms with E-state index in [-0.39, 0.29) is 0 Å². The van der Waals surface area contributed by atoms with E-state index in [9.17, 15) is 5.21 Å². The lowest BCUT2D eigenvalue weighted by atomic mass is 10.1. The molecule has 13 heavy (non-hydrogen) atoms. The van der Waals surface area contributed by atoms with Gasteiger partial charge in [-0.05, 0) is 12.1 Å². The van der Waals surface area contributed by atoms with Gasteiger partial charge in [-0.1, -0.05) is 6.07 Å². The second-order valence-corrected chi connectivity index (χ2v) is 2.77. The summed E-state index contributed by atoms with van der Waals surface area (Å²) in [6, 6.07) is 7.37. The zero-order chi connectivity index (χ0) is 9.26. The van der Waals surface area contributed by atoms with Gasteiger partial charge in [-0.2, -0.15) is 4.73 Å². The molecule has 1 aromatic carbocycles. The number of hydrogen-bond donors (Lipinski definition) is 0. The van der Waals surface area contributed by atoms with Crippen molar-refractivity contribution in [2.45, 2.75) is 0 Å². The summed E-state index contributed by atoms with van der Waals surface area (Å²) in [6.07, 6.45) is 2.99. The maximum Gasteiger partial charge on any atom is 0.188 e. The standard InChI is InChI=1S/C10H9NO2/c1-13-10-4-2-3-8-7-11(12)6-5-9(8)10/h2-7H,1H3. The molecule has 0 bridgehead atoms. The Kier molecular flexibility index (Phi) is 1.77. The van der Waals surface area contributed by atoms with E-state index in [2.05, 4.69) is 0 Å². The maximum atomic E-state index is 11.0. The summed E-state index contributed by atoms with van der Waals surface area (Å²) in [5.74, 6) is 0.790. The Morgan fingerprint density at radius 3 is 2.92 bits per heavy atom. The SMILES string of the molecule is COc1cccc2c[n+]([O-])ccc12. The highest BCUT2D eigenvalue weighted by Crippen LogP contribution is 2.23. The summed E-state index contributed by atoms with van der Waals surface area (Å²) >= 11 is 0. The van der Waals surface area contributed by atoms with Crippen LogP contribution in [-0.4, -0.2) is 7.11 Å². The molecule has 0 N–H and O–H groups in total. The Morgan fingerprint density at radius 1 is 1.31 bits per heavy atom. The van der Waals surface area contributed by atoms with Gasteiger partial charge in [-0.3, -0.25) is 0 Å². The van der Waals surface area contributed by atoms with Gasteiger partial charge in [0, 0.05) is 11.5 Å². The second kappa shape index (κ2) is 2.94. The molecular weight excluding hydrogens is 166 g/mol. The maximum absolute atomic E-state index is 11.0. The Morgan fingerprint density at radius 2 is 2.15 bits per heavy atom. The first-order valence-corrected chi connectivity index (χ1v) is 3.97. The Hall–Kier alpha value is -1.77. The van der Waals surface area contributed by atoms with Crippen molar-refractivity contribution in [1.29, 1.82) is 0 Å². The third kappa shape index (κ3) is 1.28. The van der Waals surface area contributed by atoms with Crippen LogP contribution in [0.25, 0.3) is 10.8 Å². The molecule has 3 heteroatoms. The highest BCUT2D eigenvalue weighted by molar-refractivity contribution is 5.86. The van der Waals surface area contributed by atoms with Crippen molar-refractivity contribution in [3.8, 4) is 5.75 Å². The Labute approximate surface area is 75.8 Å². The number of rotatable bonds is 1. The predicted octanol–water partition coefficient (Wildman–Crippen LogP) is 1.48. The highest BCUT2D eigenvalue weighted by Gasteiger charge is 2.02. The summed E-state index contributed by atoms with van der Waals surface area (Å²) in [5, 5.41) is 12.8. The fourth-order valence-corrected chi connectivity index (χ4v) is 1.36. The van der Waals surface area contributed by atoms with Gasteiger partial charge in [0.2, 0.25) is 0 Å². The van der Waals surface area contributed by atoms with Gasteiger partial charge < -0.3 is 9.94 Å². The minimum atomic E-state index is 0.780. The number of ether oxygens (including phenoxy) is 1. The van der Waals surface area contributed by atoms with Crippen LogP contribution >= 0.6 is 0 Å². The molecule has 66 valence electrons. The van der Waals surface area contributed by atoms with E-state index in [0.717, 1.165) is 21.3 Å². The lowest BCUT2D eigenvalue weighted by Crippen LogP contribution is -2.23. The fraction of sp³-hybridized carbons (Fsp3) is 0.100. The van der Waals surface area contributed by atoms with Crippen molar-refractivity contribution >= 4 is 10.8 Å². The van der Waals surface area contributed by atoms with Crippen LogP contribution in [0.15, 0.2) is 36.7 Å². The number of fused-ring (bicyclic) bond motifs is 1. The van der Waals surface area contributed by atoms with Crippen molar-refractivity contribution in [3.05, 3.63) is 41.9 Å². The predicted molar refractivity (Wildman–Crippen MR) is 49.5 cm³/mol. The van der Waals surface area contributed by atoms with E-state index in [4.69, 9.17) is 4.74 Å². The summed E-state index contributed by atoms with van der Waals surface area (Å²) in [7, 11) is 1.62. The zero-order valence-corrected chi connectivity index (χ0v) is 7.23. The molecule has 3 nitrogen and oxygen atoms in total. The minimum Gasteiger partial charge on any atom is -0.619 e. The Bertz CT molecular complexity index is 440. The number of methoxy groups -OCH3 is 1. The highest BCUT2D eigenvalue weighted by atomic mass is 16.5. The van der Waals surface area contributed by atoms with Gasteiger partial charge in [-0.25, -0.2) is 0 Å². The van der Waals surface area contributed by atoms with Crippen molar-refractivity contribution < 1.29 is 9.47 Å². The summed E-state index contributed by atoms with van der Waals surface area (Å²) < 4.78 is 5.94. The van der Waals surface area contributed by atoms with Crippen molar-refractivity contribution in [3.63, 3.8) is 0 Å². The van der Waals surface area contributed by atoms with Crippen molar-refractivity contribution in [2.24, 2.45) is 0 Å². The van der Waals surface area contributed by atoms with Crippen LogP contribution in [0.3, 0.4) is 0 Å². The number of aromatic nitrogens is 1. The number of pyridine rings is 1. The molecule has 0 fully saturated rings. The normalized spacial score (nSPS) is 10.2. The quantitative estimate of drug-likeness (QED) is 0.486. The van der Waals surface area contributed by atoms with Crippen LogP contribution in [0.5, 0.6) is 5.75 Å². The number of hydrogen-bond acceptors (Lipinski definition) is 2. The molecule has 0 aliphatic carbocycles. The van der Waals surface area contributed by atoms with Gasteiger partial charge >= 0.3 is 0 Å². The lowest BCUT2D eigenvalue weighted by molar-refractivity contribution is -0.603. The topological polar surface area (TPSA) is 36.2 Å². The first-order valence-electron chi connectivity index (χ1n) is 3.97. The number of nitrogens with zero attached hydrogens (tertiary/aromatic N) is 1. The third-order valence-electron chi connectivity index (χ3n) is 1.97.